The van der Waals surface area contributed by atoms with E-state index < -0.39 is 6.10 Å². The van der Waals surface area contributed by atoms with Gasteiger partial charge in [0, 0.05) is 10.8 Å². The van der Waals surface area contributed by atoms with Gasteiger partial charge in [0.05, 0.1) is 6.61 Å². The molecule has 0 fully saturated rings. The Balaban J connectivity index is 2.01. The van der Waals surface area contributed by atoms with Crippen molar-refractivity contribution in [3.8, 4) is 5.75 Å². The average Bonchev–Trinajstić information content (AvgIpc) is 2.87. The molecule has 2 aromatic carbocycles. The predicted octanol–water partition coefficient (Wildman–Crippen LogP) is 3.92. The minimum Gasteiger partial charge on any atom is -0.475 e. The zero-order valence-electron chi connectivity index (χ0n) is 12.0. The van der Waals surface area contributed by atoms with Crippen molar-refractivity contribution in [1.29, 1.82) is 0 Å². The molecule has 0 N–H and O–H groups in total. The maximum absolute atomic E-state index is 11.7. The number of carbonyl (C=O) groups excluding carboxylic acids is 1. The van der Waals surface area contributed by atoms with Crippen LogP contribution in [0.25, 0.3) is 21.9 Å². The molecule has 0 bridgehead atoms. The van der Waals surface area contributed by atoms with Crippen molar-refractivity contribution >= 4 is 27.9 Å². The molecule has 3 rings (SSSR count). The maximum atomic E-state index is 11.7. The fraction of sp³-hybridized carbons (Fsp3) is 0.235. The average molecular weight is 284 g/mol. The number of benzene rings is 2. The van der Waals surface area contributed by atoms with Gasteiger partial charge in [-0.3, -0.25) is 0 Å². The minimum absolute atomic E-state index is 0.335. The summed E-state index contributed by atoms with van der Waals surface area (Å²) >= 11 is 0. The summed E-state index contributed by atoms with van der Waals surface area (Å²) in [6.45, 7) is 3.77. The third-order valence-electron chi connectivity index (χ3n) is 3.29. The fourth-order valence-electron chi connectivity index (χ4n) is 2.31. The highest BCUT2D eigenvalue weighted by molar-refractivity contribution is 6.06. The number of carbonyl (C=O) groups is 1. The lowest BCUT2D eigenvalue weighted by molar-refractivity contribution is -0.150. The first-order valence-electron chi connectivity index (χ1n) is 6.94. The van der Waals surface area contributed by atoms with Gasteiger partial charge in [-0.05, 0) is 26.0 Å². The molecule has 4 heteroatoms. The van der Waals surface area contributed by atoms with Gasteiger partial charge in [0.15, 0.2) is 17.4 Å². The third-order valence-corrected chi connectivity index (χ3v) is 3.29. The molecule has 0 aliphatic carbocycles. The maximum Gasteiger partial charge on any atom is 0.347 e. The normalized spacial score (nSPS) is 12.5. The summed E-state index contributed by atoms with van der Waals surface area (Å²) in [5, 5.41) is 2.00. The Bertz CT molecular complexity index is 788. The Labute approximate surface area is 122 Å². The van der Waals surface area contributed by atoms with Crippen LogP contribution in [0.1, 0.15) is 13.8 Å². The van der Waals surface area contributed by atoms with E-state index >= 15 is 0 Å². The zero-order chi connectivity index (χ0) is 14.8. The van der Waals surface area contributed by atoms with Crippen LogP contribution in [0.3, 0.4) is 0 Å². The van der Waals surface area contributed by atoms with Crippen LogP contribution >= 0.6 is 0 Å². The summed E-state index contributed by atoms with van der Waals surface area (Å²) in [7, 11) is 0. The van der Waals surface area contributed by atoms with Gasteiger partial charge in [0.25, 0.3) is 0 Å². The minimum atomic E-state index is -0.677. The SMILES string of the molecule is CCOC(=O)[C@H](C)Oc1cccc2c1oc1ccccc12. The van der Waals surface area contributed by atoms with Crippen molar-refractivity contribution in [2.45, 2.75) is 20.0 Å². The monoisotopic (exact) mass is 284 g/mol. The van der Waals surface area contributed by atoms with Gasteiger partial charge in [-0.2, -0.15) is 0 Å². The van der Waals surface area contributed by atoms with Crippen LogP contribution in [0.2, 0.25) is 0 Å². The molecule has 1 heterocycles. The lowest BCUT2D eigenvalue weighted by Crippen LogP contribution is -2.26. The zero-order valence-corrected chi connectivity index (χ0v) is 12.0. The number of hydrogen-bond acceptors (Lipinski definition) is 4. The molecular formula is C17H16O4. The van der Waals surface area contributed by atoms with Gasteiger partial charge >= 0.3 is 5.97 Å². The van der Waals surface area contributed by atoms with Gasteiger partial charge in [-0.25, -0.2) is 4.79 Å². The number of rotatable bonds is 4. The molecule has 0 spiro atoms. The molecule has 1 aromatic heterocycles. The third kappa shape index (κ3) is 2.44. The van der Waals surface area contributed by atoms with E-state index in [-0.39, 0.29) is 5.97 Å². The van der Waals surface area contributed by atoms with E-state index in [1.165, 1.54) is 0 Å². The number of furan rings is 1. The second-order valence-corrected chi connectivity index (χ2v) is 4.74. The lowest BCUT2D eigenvalue weighted by atomic mass is 10.1. The summed E-state index contributed by atoms with van der Waals surface area (Å²) in [6, 6.07) is 13.5. The molecule has 0 amide bonds. The van der Waals surface area contributed by atoms with Crippen LogP contribution in [0.15, 0.2) is 46.9 Å². The Morgan fingerprint density at radius 1 is 1.14 bits per heavy atom. The Kier molecular flexibility index (Phi) is 3.52. The molecule has 0 saturated heterocycles. The Morgan fingerprint density at radius 3 is 2.71 bits per heavy atom. The number of para-hydroxylation sites is 2. The summed E-state index contributed by atoms with van der Waals surface area (Å²) in [6.07, 6.45) is -0.677. The van der Waals surface area contributed by atoms with Gasteiger partial charge in [-0.15, -0.1) is 0 Å². The van der Waals surface area contributed by atoms with Crippen molar-refractivity contribution < 1.29 is 18.7 Å². The molecule has 21 heavy (non-hydrogen) atoms. The van der Waals surface area contributed by atoms with E-state index in [0.717, 1.165) is 16.4 Å². The summed E-state index contributed by atoms with van der Waals surface area (Å²) in [5.41, 5.74) is 1.45. The van der Waals surface area contributed by atoms with Crippen molar-refractivity contribution in [1.82, 2.24) is 0 Å². The predicted molar refractivity (Wildman–Crippen MR) is 80.4 cm³/mol. The summed E-state index contributed by atoms with van der Waals surface area (Å²) in [4.78, 5) is 11.7. The van der Waals surface area contributed by atoms with Crippen LogP contribution < -0.4 is 4.74 Å². The van der Waals surface area contributed by atoms with Gasteiger partial charge < -0.3 is 13.9 Å². The van der Waals surface area contributed by atoms with E-state index in [9.17, 15) is 4.79 Å². The van der Waals surface area contributed by atoms with Crippen LogP contribution in [0.4, 0.5) is 0 Å². The van der Waals surface area contributed by atoms with Crippen LogP contribution in [0.5, 0.6) is 5.75 Å². The van der Waals surface area contributed by atoms with E-state index in [1.54, 1.807) is 19.9 Å². The number of fused-ring (bicyclic) bond motifs is 3. The Morgan fingerprint density at radius 2 is 1.90 bits per heavy atom. The first-order chi connectivity index (χ1) is 10.2. The lowest BCUT2D eigenvalue weighted by Gasteiger charge is -2.13. The molecule has 1 atom stereocenters. The van der Waals surface area contributed by atoms with E-state index in [4.69, 9.17) is 13.9 Å². The number of hydrogen-bond donors (Lipinski definition) is 0. The van der Waals surface area contributed by atoms with Crippen LogP contribution in [0, 0.1) is 0 Å². The molecule has 3 aromatic rings. The van der Waals surface area contributed by atoms with Gasteiger partial charge in [-0.1, -0.05) is 30.3 Å². The second kappa shape index (κ2) is 5.48. The molecule has 0 unspecified atom stereocenters. The summed E-state index contributed by atoms with van der Waals surface area (Å²) < 4.78 is 16.5. The molecule has 0 aliphatic heterocycles. The highest BCUT2D eigenvalue weighted by Gasteiger charge is 2.18. The molecule has 4 nitrogen and oxygen atoms in total. The van der Waals surface area contributed by atoms with Gasteiger partial charge in [0.1, 0.15) is 5.58 Å². The number of esters is 1. The second-order valence-electron chi connectivity index (χ2n) is 4.74. The van der Waals surface area contributed by atoms with Gasteiger partial charge in [0.2, 0.25) is 0 Å². The topological polar surface area (TPSA) is 48.7 Å². The molecule has 0 saturated carbocycles. The first kappa shape index (κ1) is 13.5. The van der Waals surface area contributed by atoms with Crippen molar-refractivity contribution in [2.75, 3.05) is 6.61 Å². The largest absolute Gasteiger partial charge is 0.475 e. The van der Waals surface area contributed by atoms with E-state index in [2.05, 4.69) is 0 Å². The van der Waals surface area contributed by atoms with Crippen molar-refractivity contribution in [3.63, 3.8) is 0 Å². The molecule has 0 radical (unpaired) electrons. The Hall–Kier alpha value is -2.49. The molecule has 0 aliphatic rings. The highest BCUT2D eigenvalue weighted by Crippen LogP contribution is 2.34. The smallest absolute Gasteiger partial charge is 0.347 e. The summed E-state index contributed by atoms with van der Waals surface area (Å²) in [5.74, 6) is 0.162. The quantitative estimate of drug-likeness (QED) is 0.681. The standard InChI is InChI=1S/C17H16O4/c1-3-19-17(18)11(2)20-15-10-6-8-13-12-7-4-5-9-14(12)21-16(13)15/h4-11H,3H2,1-2H3/t11-/m0/s1. The first-order valence-corrected chi connectivity index (χ1v) is 6.94. The van der Waals surface area contributed by atoms with E-state index in [0.29, 0.717) is 17.9 Å². The van der Waals surface area contributed by atoms with Crippen molar-refractivity contribution in [3.05, 3.63) is 42.5 Å². The fourth-order valence-corrected chi connectivity index (χ4v) is 2.31. The number of ether oxygens (including phenoxy) is 2. The van der Waals surface area contributed by atoms with Crippen molar-refractivity contribution in [2.24, 2.45) is 0 Å². The molecule has 108 valence electrons. The van der Waals surface area contributed by atoms with E-state index in [1.807, 2.05) is 36.4 Å². The van der Waals surface area contributed by atoms with Crippen LogP contribution in [-0.2, 0) is 9.53 Å². The van der Waals surface area contributed by atoms with Crippen LogP contribution in [-0.4, -0.2) is 18.7 Å². The highest BCUT2D eigenvalue weighted by atomic mass is 16.6. The molecular weight excluding hydrogens is 268 g/mol.